The molecule has 1 aromatic heterocycles. The van der Waals surface area contributed by atoms with E-state index < -0.39 is 5.41 Å². The molecular weight excluding hydrogens is 727 g/mol. The molecular formula is C58H43NO. The van der Waals surface area contributed by atoms with Crippen molar-refractivity contribution in [2.45, 2.75) is 26.2 Å². The Balaban J connectivity index is 1.17. The first-order valence-electron chi connectivity index (χ1n) is 20.8. The zero-order valence-corrected chi connectivity index (χ0v) is 34.0. The van der Waals surface area contributed by atoms with Gasteiger partial charge >= 0.3 is 0 Å². The monoisotopic (exact) mass is 769 g/mol. The minimum absolute atomic E-state index is 0.432. The summed E-state index contributed by atoms with van der Waals surface area (Å²) < 4.78 is 6.33. The lowest BCUT2D eigenvalue weighted by molar-refractivity contribution is 0.669. The second kappa shape index (κ2) is 14.1. The Morgan fingerprint density at radius 2 is 1.03 bits per heavy atom. The number of fused-ring (bicyclic) bond motifs is 6. The average molecular weight is 770 g/mol. The van der Waals surface area contributed by atoms with Gasteiger partial charge in [0.1, 0.15) is 11.2 Å². The number of furan rings is 1. The van der Waals surface area contributed by atoms with Crippen molar-refractivity contribution < 1.29 is 4.42 Å². The van der Waals surface area contributed by atoms with Crippen LogP contribution >= 0.6 is 0 Å². The molecule has 0 N–H and O–H groups in total. The van der Waals surface area contributed by atoms with E-state index in [4.69, 9.17) is 4.42 Å². The van der Waals surface area contributed by atoms with Crippen molar-refractivity contribution >= 4 is 39.0 Å². The van der Waals surface area contributed by atoms with Crippen LogP contribution in [0, 0.1) is 13.8 Å². The average Bonchev–Trinajstić information content (AvgIpc) is 3.81. The van der Waals surface area contributed by atoms with Crippen LogP contribution in [0.3, 0.4) is 0 Å². The van der Waals surface area contributed by atoms with E-state index in [0.29, 0.717) is 0 Å². The first kappa shape index (κ1) is 35.7. The second-order valence-electron chi connectivity index (χ2n) is 16.3. The summed E-state index contributed by atoms with van der Waals surface area (Å²) >= 11 is 0. The van der Waals surface area contributed by atoms with Crippen molar-refractivity contribution in [3.63, 3.8) is 0 Å². The highest BCUT2D eigenvalue weighted by atomic mass is 16.3. The molecule has 2 nitrogen and oxygen atoms in total. The number of aryl methyl sites for hydroxylation is 2. The van der Waals surface area contributed by atoms with E-state index >= 15 is 0 Å². The Morgan fingerprint density at radius 1 is 0.417 bits per heavy atom. The molecule has 10 aromatic rings. The Kier molecular flexibility index (Phi) is 8.42. The zero-order valence-electron chi connectivity index (χ0n) is 34.0. The van der Waals surface area contributed by atoms with E-state index in [2.05, 4.69) is 226 Å². The molecule has 0 aliphatic heterocycles. The molecule has 0 radical (unpaired) electrons. The summed E-state index contributed by atoms with van der Waals surface area (Å²) in [7, 11) is 0. The van der Waals surface area contributed by atoms with Gasteiger partial charge in [0.05, 0.1) is 0 Å². The third-order valence-electron chi connectivity index (χ3n) is 12.7. The molecule has 0 amide bonds. The Morgan fingerprint density at radius 3 is 1.83 bits per heavy atom. The number of hydrogen-bond donors (Lipinski definition) is 0. The summed E-state index contributed by atoms with van der Waals surface area (Å²) in [6, 6.07) is 75.2. The first-order chi connectivity index (χ1) is 29.5. The summed E-state index contributed by atoms with van der Waals surface area (Å²) in [6.45, 7) is 6.90. The molecule has 0 fully saturated rings. The van der Waals surface area contributed by atoms with E-state index in [9.17, 15) is 0 Å². The van der Waals surface area contributed by atoms with Crippen LogP contribution < -0.4 is 4.90 Å². The lowest BCUT2D eigenvalue weighted by Crippen LogP contribution is -2.24. The zero-order chi connectivity index (χ0) is 40.4. The number of rotatable bonds is 7. The van der Waals surface area contributed by atoms with Crippen molar-refractivity contribution in [2.24, 2.45) is 0 Å². The fraction of sp³-hybridized carbons (Fsp3) is 0.0690. The number of para-hydroxylation sites is 1. The Bertz CT molecular complexity index is 3230. The van der Waals surface area contributed by atoms with Crippen LogP contribution in [0.5, 0.6) is 0 Å². The Labute approximate surface area is 351 Å². The van der Waals surface area contributed by atoms with Gasteiger partial charge in [0.25, 0.3) is 0 Å². The van der Waals surface area contributed by atoms with Gasteiger partial charge in [0, 0.05) is 33.2 Å². The van der Waals surface area contributed by atoms with Crippen molar-refractivity contribution in [3.05, 3.63) is 234 Å². The van der Waals surface area contributed by atoms with Crippen molar-refractivity contribution in [2.75, 3.05) is 4.90 Å². The number of nitrogens with zero attached hydrogens (tertiary/aromatic N) is 1. The van der Waals surface area contributed by atoms with E-state index in [-0.39, 0.29) is 0 Å². The minimum atomic E-state index is -0.432. The normalized spacial score (nSPS) is 14.3. The Hall–Kier alpha value is -7.42. The van der Waals surface area contributed by atoms with Gasteiger partial charge in [0.2, 0.25) is 0 Å². The van der Waals surface area contributed by atoms with Gasteiger partial charge in [-0.25, -0.2) is 0 Å². The largest absolute Gasteiger partial charge is 0.456 e. The van der Waals surface area contributed by atoms with Crippen molar-refractivity contribution in [1.29, 1.82) is 0 Å². The van der Waals surface area contributed by atoms with Crippen LogP contribution in [-0.4, -0.2) is 0 Å². The predicted octanol–water partition coefficient (Wildman–Crippen LogP) is 16.0. The number of benzene rings is 9. The highest BCUT2D eigenvalue weighted by molar-refractivity contribution is 6.07. The van der Waals surface area contributed by atoms with Crippen LogP contribution in [0.25, 0.3) is 66.4 Å². The lowest BCUT2D eigenvalue weighted by atomic mass is 9.72. The summed E-state index contributed by atoms with van der Waals surface area (Å²) in [4.78, 5) is 2.42. The standard InChI is InChI=1S/C58H43NO/c1-38-25-28-43(29-26-38)58(3)53-37-46(30-33-51(53)56-50(32-27-39(2)57(56)58)48-22-11-10-21-47(48)41-17-8-5-9-18-41)59(44-20-14-19-42(35-44)40-15-6-4-7-16-40)45-31-34-55-52(36-45)49-23-12-13-24-54(49)60-55/h4-37H,1-3H3. The molecule has 0 bridgehead atoms. The molecule has 0 saturated carbocycles. The molecule has 1 aliphatic rings. The highest BCUT2D eigenvalue weighted by Gasteiger charge is 2.44. The topological polar surface area (TPSA) is 16.4 Å². The van der Waals surface area contributed by atoms with Gasteiger partial charge in [-0.2, -0.15) is 0 Å². The molecule has 1 aliphatic carbocycles. The van der Waals surface area contributed by atoms with Crippen LogP contribution in [0.15, 0.2) is 211 Å². The summed E-state index contributed by atoms with van der Waals surface area (Å²) in [5.74, 6) is 0. The SMILES string of the molecule is Cc1ccc(C2(C)c3cc(N(c4cccc(-c5ccccc5)c4)c4ccc5oc6ccccc6c5c4)ccc3-c3c(-c4ccccc4-c4ccccc4)ccc(C)c32)cc1. The van der Waals surface area contributed by atoms with Gasteiger partial charge in [-0.05, 0) is 136 Å². The number of hydrogen-bond acceptors (Lipinski definition) is 2. The second-order valence-corrected chi connectivity index (χ2v) is 16.3. The van der Waals surface area contributed by atoms with Crippen molar-refractivity contribution in [3.8, 4) is 44.5 Å². The van der Waals surface area contributed by atoms with E-state index in [1.807, 2.05) is 6.07 Å². The minimum Gasteiger partial charge on any atom is -0.456 e. The highest BCUT2D eigenvalue weighted by Crippen LogP contribution is 2.58. The van der Waals surface area contributed by atoms with Gasteiger partial charge in [-0.3, -0.25) is 0 Å². The maximum atomic E-state index is 6.33. The molecule has 1 unspecified atom stereocenters. The fourth-order valence-corrected chi connectivity index (χ4v) is 9.82. The van der Waals surface area contributed by atoms with E-state index in [1.165, 1.54) is 72.3 Å². The molecule has 60 heavy (non-hydrogen) atoms. The smallest absolute Gasteiger partial charge is 0.135 e. The van der Waals surface area contributed by atoms with E-state index in [0.717, 1.165) is 39.0 Å². The third kappa shape index (κ3) is 5.71. The van der Waals surface area contributed by atoms with Gasteiger partial charge in [-0.1, -0.05) is 163 Å². The van der Waals surface area contributed by atoms with Crippen LogP contribution in [0.2, 0.25) is 0 Å². The molecule has 0 spiro atoms. The maximum absolute atomic E-state index is 6.33. The third-order valence-corrected chi connectivity index (χ3v) is 12.7. The summed E-state index contributed by atoms with van der Waals surface area (Å²) in [5.41, 5.74) is 21.0. The van der Waals surface area contributed by atoms with E-state index in [1.54, 1.807) is 0 Å². The molecule has 1 atom stereocenters. The molecule has 2 heteroatoms. The molecule has 11 rings (SSSR count). The quantitative estimate of drug-likeness (QED) is 0.161. The lowest BCUT2D eigenvalue weighted by Gasteiger charge is -2.32. The summed E-state index contributed by atoms with van der Waals surface area (Å²) in [6.07, 6.45) is 0. The van der Waals surface area contributed by atoms with Crippen molar-refractivity contribution in [1.82, 2.24) is 0 Å². The molecule has 1 heterocycles. The number of anilines is 3. The van der Waals surface area contributed by atoms with Gasteiger partial charge in [-0.15, -0.1) is 0 Å². The molecule has 286 valence electrons. The summed E-state index contributed by atoms with van der Waals surface area (Å²) in [5, 5.41) is 2.21. The van der Waals surface area contributed by atoms with Crippen LogP contribution in [0.1, 0.15) is 34.7 Å². The molecule has 0 saturated heterocycles. The van der Waals surface area contributed by atoms with Gasteiger partial charge in [0.15, 0.2) is 0 Å². The van der Waals surface area contributed by atoms with Gasteiger partial charge < -0.3 is 9.32 Å². The predicted molar refractivity (Wildman–Crippen MR) is 252 cm³/mol. The molecule has 9 aromatic carbocycles. The fourth-order valence-electron chi connectivity index (χ4n) is 9.82. The first-order valence-corrected chi connectivity index (χ1v) is 20.8. The van der Waals surface area contributed by atoms with Crippen LogP contribution in [-0.2, 0) is 5.41 Å². The maximum Gasteiger partial charge on any atom is 0.135 e. The van der Waals surface area contributed by atoms with Crippen LogP contribution in [0.4, 0.5) is 17.1 Å².